The Hall–Kier alpha value is -3.18. The Morgan fingerprint density at radius 1 is 1.24 bits per heavy atom. The normalized spacial score (nSPS) is 14.8. The largest absolute Gasteiger partial charge is 0.383 e. The number of sulfonamides is 1. The van der Waals surface area contributed by atoms with E-state index in [0.29, 0.717) is 34.0 Å². The Balaban J connectivity index is 1.55. The lowest BCUT2D eigenvalue weighted by atomic mass is 10.1. The van der Waals surface area contributed by atoms with E-state index in [9.17, 15) is 8.42 Å². The number of rotatable bonds is 5. The fraction of sp³-hybridized carbons (Fsp3) is 0.318. The SMILES string of the molecule is Cc1nn(C)c(Cl)c1S(=O)(=O)Nc1ccc(-c2cn(C3CCCC3)c3ncnc(N)c23)cc1F. The van der Waals surface area contributed by atoms with E-state index in [0.717, 1.165) is 25.7 Å². The van der Waals surface area contributed by atoms with Crippen LogP contribution >= 0.6 is 11.6 Å². The van der Waals surface area contributed by atoms with Gasteiger partial charge >= 0.3 is 0 Å². The number of nitrogens with zero attached hydrogens (tertiary/aromatic N) is 5. The van der Waals surface area contributed by atoms with Crippen LogP contribution in [0.5, 0.6) is 0 Å². The van der Waals surface area contributed by atoms with Crippen LogP contribution in [0.2, 0.25) is 5.15 Å². The fourth-order valence-corrected chi connectivity index (χ4v) is 6.49. The molecule has 0 unspecified atom stereocenters. The van der Waals surface area contributed by atoms with Crippen molar-refractivity contribution in [3.63, 3.8) is 0 Å². The average molecular weight is 504 g/mol. The monoisotopic (exact) mass is 503 g/mol. The van der Waals surface area contributed by atoms with Gasteiger partial charge in [0.2, 0.25) is 0 Å². The maximum Gasteiger partial charge on any atom is 0.266 e. The third kappa shape index (κ3) is 3.68. The van der Waals surface area contributed by atoms with Crippen LogP contribution in [0.3, 0.4) is 0 Å². The van der Waals surface area contributed by atoms with Gasteiger partial charge in [-0.1, -0.05) is 30.5 Å². The van der Waals surface area contributed by atoms with Gasteiger partial charge in [-0.15, -0.1) is 0 Å². The van der Waals surface area contributed by atoms with Crippen LogP contribution in [0.25, 0.3) is 22.2 Å². The average Bonchev–Trinajstić information content (AvgIpc) is 3.48. The van der Waals surface area contributed by atoms with E-state index in [-0.39, 0.29) is 21.4 Å². The number of nitrogen functional groups attached to an aromatic ring is 1. The van der Waals surface area contributed by atoms with Crippen LogP contribution in [0.4, 0.5) is 15.9 Å². The maximum absolute atomic E-state index is 15.1. The van der Waals surface area contributed by atoms with Crippen molar-refractivity contribution in [3.05, 3.63) is 47.4 Å². The number of anilines is 2. The number of hydrogen-bond donors (Lipinski definition) is 2. The summed E-state index contributed by atoms with van der Waals surface area (Å²) < 4.78 is 46.5. The molecule has 1 aromatic carbocycles. The highest BCUT2D eigenvalue weighted by Gasteiger charge is 2.27. The first-order valence-electron chi connectivity index (χ1n) is 10.8. The predicted octanol–water partition coefficient (Wildman–Crippen LogP) is 4.43. The molecule has 1 fully saturated rings. The first kappa shape index (κ1) is 22.6. The summed E-state index contributed by atoms with van der Waals surface area (Å²) in [5, 5.41) is 4.61. The van der Waals surface area contributed by atoms with Gasteiger partial charge in [0.25, 0.3) is 10.0 Å². The van der Waals surface area contributed by atoms with Crippen LogP contribution in [-0.4, -0.2) is 32.7 Å². The molecule has 3 heterocycles. The molecule has 1 aliphatic rings. The van der Waals surface area contributed by atoms with E-state index >= 15 is 4.39 Å². The third-order valence-corrected chi connectivity index (χ3v) is 8.31. The first-order chi connectivity index (χ1) is 16.2. The van der Waals surface area contributed by atoms with E-state index in [2.05, 4.69) is 24.4 Å². The van der Waals surface area contributed by atoms with E-state index in [1.807, 2.05) is 6.20 Å². The molecule has 0 bridgehead atoms. The molecule has 1 aliphatic carbocycles. The zero-order valence-electron chi connectivity index (χ0n) is 18.6. The zero-order chi connectivity index (χ0) is 24.2. The Kier molecular flexibility index (Phi) is 5.48. The molecule has 3 aromatic heterocycles. The quantitative estimate of drug-likeness (QED) is 0.415. The van der Waals surface area contributed by atoms with E-state index < -0.39 is 15.8 Å². The summed E-state index contributed by atoms with van der Waals surface area (Å²) in [5.41, 5.74) is 8.14. The van der Waals surface area contributed by atoms with Crippen molar-refractivity contribution < 1.29 is 12.8 Å². The smallest absolute Gasteiger partial charge is 0.266 e. The molecule has 0 amide bonds. The number of halogens is 2. The molecular weight excluding hydrogens is 481 g/mol. The number of nitrogens with two attached hydrogens (primary N) is 1. The molecule has 0 radical (unpaired) electrons. The Bertz CT molecular complexity index is 1520. The maximum atomic E-state index is 15.1. The molecule has 178 valence electrons. The van der Waals surface area contributed by atoms with Crippen LogP contribution < -0.4 is 10.5 Å². The van der Waals surface area contributed by atoms with Crippen molar-refractivity contribution in [2.75, 3.05) is 10.5 Å². The van der Waals surface area contributed by atoms with Gasteiger partial charge in [-0.3, -0.25) is 9.40 Å². The molecule has 3 N–H and O–H groups in total. The molecule has 12 heteroatoms. The zero-order valence-corrected chi connectivity index (χ0v) is 20.2. The van der Waals surface area contributed by atoms with Crippen LogP contribution in [0.15, 0.2) is 35.6 Å². The van der Waals surface area contributed by atoms with Gasteiger partial charge in [0.1, 0.15) is 33.7 Å². The minimum Gasteiger partial charge on any atom is -0.383 e. The Morgan fingerprint density at radius 2 is 1.97 bits per heavy atom. The summed E-state index contributed by atoms with van der Waals surface area (Å²) in [6, 6.07) is 4.59. The number of benzene rings is 1. The van der Waals surface area contributed by atoms with Gasteiger partial charge in [0.15, 0.2) is 0 Å². The molecule has 9 nitrogen and oxygen atoms in total. The molecule has 1 saturated carbocycles. The topological polar surface area (TPSA) is 121 Å². The van der Waals surface area contributed by atoms with Crippen molar-refractivity contribution in [1.29, 1.82) is 0 Å². The number of fused-ring (bicyclic) bond motifs is 1. The summed E-state index contributed by atoms with van der Waals surface area (Å²) in [7, 11) is -2.62. The number of hydrogen-bond acceptors (Lipinski definition) is 6. The highest BCUT2D eigenvalue weighted by atomic mass is 35.5. The van der Waals surface area contributed by atoms with Gasteiger partial charge < -0.3 is 10.3 Å². The van der Waals surface area contributed by atoms with Crippen LogP contribution in [-0.2, 0) is 17.1 Å². The summed E-state index contributed by atoms with van der Waals surface area (Å²) >= 11 is 6.10. The molecular formula is C22H23ClFN7O2S. The molecule has 0 atom stereocenters. The van der Waals surface area contributed by atoms with E-state index in [4.69, 9.17) is 17.3 Å². The second kappa shape index (κ2) is 8.24. The van der Waals surface area contributed by atoms with Crippen molar-refractivity contribution in [2.45, 2.75) is 43.5 Å². The van der Waals surface area contributed by atoms with Gasteiger partial charge in [0, 0.05) is 24.8 Å². The Labute approximate surface area is 200 Å². The van der Waals surface area contributed by atoms with Crippen molar-refractivity contribution in [2.24, 2.45) is 7.05 Å². The highest BCUT2D eigenvalue weighted by molar-refractivity contribution is 7.92. The number of aromatic nitrogens is 5. The second-order valence-corrected chi connectivity index (χ2v) is 10.5. The number of nitrogens with one attached hydrogen (secondary N) is 1. The Morgan fingerprint density at radius 3 is 2.62 bits per heavy atom. The number of aryl methyl sites for hydroxylation is 2. The molecule has 0 spiro atoms. The lowest BCUT2D eigenvalue weighted by Crippen LogP contribution is -2.15. The molecule has 0 aliphatic heterocycles. The van der Waals surface area contributed by atoms with Crippen molar-refractivity contribution in [1.82, 2.24) is 24.3 Å². The third-order valence-electron chi connectivity index (χ3n) is 6.25. The molecule has 0 saturated heterocycles. The van der Waals surface area contributed by atoms with Crippen LogP contribution in [0, 0.1) is 12.7 Å². The second-order valence-electron chi connectivity index (χ2n) is 8.47. The predicted molar refractivity (Wildman–Crippen MR) is 129 cm³/mol. The van der Waals surface area contributed by atoms with Gasteiger partial charge in [-0.25, -0.2) is 22.8 Å². The van der Waals surface area contributed by atoms with E-state index in [1.54, 1.807) is 6.07 Å². The lowest BCUT2D eigenvalue weighted by molar-refractivity contribution is 0.532. The van der Waals surface area contributed by atoms with Crippen LogP contribution in [0.1, 0.15) is 37.4 Å². The van der Waals surface area contributed by atoms with Gasteiger partial charge in [0.05, 0.1) is 16.8 Å². The van der Waals surface area contributed by atoms with Gasteiger partial charge in [-0.05, 0) is 37.5 Å². The minimum atomic E-state index is -4.15. The van der Waals surface area contributed by atoms with Crippen molar-refractivity contribution >= 4 is 44.2 Å². The molecule has 4 aromatic rings. The lowest BCUT2D eigenvalue weighted by Gasteiger charge is -2.12. The van der Waals surface area contributed by atoms with Gasteiger partial charge in [-0.2, -0.15) is 5.10 Å². The summed E-state index contributed by atoms with van der Waals surface area (Å²) in [6.45, 7) is 1.52. The summed E-state index contributed by atoms with van der Waals surface area (Å²) in [5.74, 6) is -0.431. The highest BCUT2D eigenvalue weighted by Crippen LogP contribution is 2.39. The minimum absolute atomic E-state index is 0.0581. The molecule has 34 heavy (non-hydrogen) atoms. The van der Waals surface area contributed by atoms with Crippen molar-refractivity contribution in [3.8, 4) is 11.1 Å². The first-order valence-corrected chi connectivity index (χ1v) is 12.7. The standard InChI is InChI=1S/C22H23ClFN7O2S/c1-12-19(20(23)30(2)28-12)34(32,33)29-17-8-7-13(9-16(17)24)15-10-31(14-5-3-4-6-14)22-18(15)21(25)26-11-27-22/h7-11,14,29H,3-6H2,1-2H3,(H2,25,26,27). The summed E-state index contributed by atoms with van der Waals surface area (Å²) in [6.07, 6.45) is 7.73. The van der Waals surface area contributed by atoms with E-state index in [1.165, 1.54) is 37.1 Å². The molecule has 5 rings (SSSR count). The fourth-order valence-electron chi connectivity index (χ4n) is 4.67. The summed E-state index contributed by atoms with van der Waals surface area (Å²) in [4.78, 5) is 8.37.